The molecule has 1 unspecified atom stereocenters. The van der Waals surface area contributed by atoms with Gasteiger partial charge in [0.1, 0.15) is 16.3 Å². The van der Waals surface area contributed by atoms with Gasteiger partial charge in [0.15, 0.2) is 11.5 Å². The molecule has 2 aliphatic heterocycles. The lowest BCUT2D eigenvalue weighted by molar-refractivity contribution is 0.262. The lowest BCUT2D eigenvalue weighted by Crippen LogP contribution is -2.48. The number of fused-ring (bicyclic) bond motifs is 3. The van der Waals surface area contributed by atoms with E-state index in [-0.39, 0.29) is 0 Å². The van der Waals surface area contributed by atoms with Gasteiger partial charge in [0.2, 0.25) is 5.95 Å². The highest BCUT2D eigenvalue weighted by molar-refractivity contribution is 8.11. The summed E-state index contributed by atoms with van der Waals surface area (Å²) in [6, 6.07) is 0. The molecule has 25 heavy (non-hydrogen) atoms. The third-order valence-corrected chi connectivity index (χ3v) is 5.60. The van der Waals surface area contributed by atoms with Crippen molar-refractivity contribution in [3.63, 3.8) is 0 Å². The lowest BCUT2D eigenvalue weighted by atomic mass is 9.78. The van der Waals surface area contributed by atoms with Crippen molar-refractivity contribution in [2.75, 3.05) is 19.1 Å². The summed E-state index contributed by atoms with van der Waals surface area (Å²) in [7, 11) is 3.36. The first kappa shape index (κ1) is 16.1. The molecule has 1 aromatic rings. The van der Waals surface area contributed by atoms with E-state index in [1.54, 1.807) is 20.4 Å². The van der Waals surface area contributed by atoms with E-state index >= 15 is 0 Å². The van der Waals surface area contributed by atoms with Crippen LogP contribution in [0.5, 0.6) is 0 Å². The second-order valence-corrected chi connectivity index (χ2v) is 7.08. The van der Waals surface area contributed by atoms with E-state index in [9.17, 15) is 4.79 Å². The fraction of sp³-hybridized carbons (Fsp3) is 0.333. The maximum absolute atomic E-state index is 11.1. The zero-order chi connectivity index (χ0) is 17.8. The summed E-state index contributed by atoms with van der Waals surface area (Å²) in [5.74, 6) is 2.38. The topological polar surface area (TPSA) is 56.6 Å². The Hall–Kier alpha value is -2.41. The van der Waals surface area contributed by atoms with Crippen LogP contribution in [0.2, 0.25) is 0 Å². The number of aromatic nitrogens is 2. The summed E-state index contributed by atoms with van der Waals surface area (Å²) in [6.07, 6.45) is 8.61. The van der Waals surface area contributed by atoms with Gasteiger partial charge in [-0.15, -0.1) is 0 Å². The molecule has 6 nitrogen and oxygen atoms in total. The number of carbonyl (C=O) groups excluding carboxylic acids is 1. The Labute approximate surface area is 150 Å². The Morgan fingerprint density at radius 3 is 2.80 bits per heavy atom. The van der Waals surface area contributed by atoms with Crippen molar-refractivity contribution in [3.05, 3.63) is 47.2 Å². The van der Waals surface area contributed by atoms with E-state index in [0.29, 0.717) is 0 Å². The van der Waals surface area contributed by atoms with E-state index in [1.165, 1.54) is 5.57 Å². The molecule has 3 aliphatic rings. The first-order valence-electron chi connectivity index (χ1n) is 7.96. The lowest BCUT2D eigenvalue weighted by Gasteiger charge is -2.42. The molecular formula is C18H19N3O3S. The van der Waals surface area contributed by atoms with Crippen LogP contribution in [-0.4, -0.2) is 34.9 Å². The van der Waals surface area contributed by atoms with Gasteiger partial charge in [-0.1, -0.05) is 12.2 Å². The Kier molecular flexibility index (Phi) is 3.57. The summed E-state index contributed by atoms with van der Waals surface area (Å²) in [5, 5.41) is 0.784. The maximum Gasteiger partial charge on any atom is 0.219 e. The quantitative estimate of drug-likeness (QED) is 0.608. The maximum atomic E-state index is 11.1. The fourth-order valence-corrected chi connectivity index (χ4v) is 4.72. The Morgan fingerprint density at radius 1 is 1.32 bits per heavy atom. The van der Waals surface area contributed by atoms with E-state index in [0.717, 1.165) is 57.7 Å². The van der Waals surface area contributed by atoms with Crippen molar-refractivity contribution in [2.45, 2.75) is 30.8 Å². The molecule has 0 bridgehead atoms. The molecule has 4 rings (SSSR count). The molecule has 1 aromatic heterocycles. The highest BCUT2D eigenvalue weighted by atomic mass is 32.2. The van der Waals surface area contributed by atoms with Crippen molar-refractivity contribution in [1.29, 1.82) is 0 Å². The molecule has 1 aliphatic carbocycles. The summed E-state index contributed by atoms with van der Waals surface area (Å²) in [5.41, 5.74) is 3.69. The van der Waals surface area contributed by atoms with Gasteiger partial charge >= 0.3 is 0 Å². The van der Waals surface area contributed by atoms with Crippen LogP contribution in [0, 0.1) is 0 Å². The summed E-state index contributed by atoms with van der Waals surface area (Å²) < 4.78 is 13.3. The third kappa shape index (κ3) is 1.93. The van der Waals surface area contributed by atoms with E-state index in [2.05, 4.69) is 29.8 Å². The first-order valence-corrected chi connectivity index (χ1v) is 8.84. The van der Waals surface area contributed by atoms with Crippen LogP contribution < -0.4 is 4.90 Å². The van der Waals surface area contributed by atoms with Crippen molar-refractivity contribution in [1.82, 2.24) is 9.55 Å². The van der Waals surface area contributed by atoms with Gasteiger partial charge < -0.3 is 9.47 Å². The van der Waals surface area contributed by atoms with Gasteiger partial charge in [0, 0.05) is 12.0 Å². The molecule has 7 heteroatoms. The minimum atomic E-state index is -0.419. The number of imidazole rings is 1. The van der Waals surface area contributed by atoms with Crippen LogP contribution in [0.4, 0.5) is 5.95 Å². The molecule has 0 amide bonds. The molecule has 0 saturated heterocycles. The number of carbonyl (C=O) groups is 1. The van der Waals surface area contributed by atoms with Gasteiger partial charge in [0.25, 0.3) is 0 Å². The summed E-state index contributed by atoms with van der Waals surface area (Å²) >= 11 is 1.12. The highest BCUT2D eigenvalue weighted by Gasteiger charge is 2.54. The minimum Gasteiger partial charge on any atom is -0.496 e. The first-order chi connectivity index (χ1) is 12.1. The molecule has 1 atom stereocenters. The standard InChI is InChI=1S/C18H19N3O3S/c1-11-8-18-7-5-6-13(23-3)21(18)17-19-9-14(25-10-22)20(17)16(18)12(2)15(11)24-4/h5-7,9-10H,8H2,1-4H3. The fourth-order valence-electron chi connectivity index (χ4n) is 4.23. The Balaban J connectivity index is 2.05. The van der Waals surface area contributed by atoms with Crippen LogP contribution in [0.3, 0.4) is 0 Å². The van der Waals surface area contributed by atoms with Gasteiger partial charge in [-0.3, -0.25) is 14.3 Å². The monoisotopic (exact) mass is 357 g/mol. The molecule has 130 valence electrons. The van der Waals surface area contributed by atoms with Crippen molar-refractivity contribution >= 4 is 29.0 Å². The number of nitrogens with zero attached hydrogens (tertiary/aromatic N) is 3. The average Bonchev–Trinajstić information content (AvgIpc) is 3.10. The number of hydrogen-bond donors (Lipinski definition) is 0. The van der Waals surface area contributed by atoms with Gasteiger partial charge in [-0.2, -0.15) is 0 Å². The number of allylic oxidation sites excluding steroid dienone is 3. The SMILES string of the molecule is COC1=CC=CC23CC(C)=C(OC)C(C)=C2n2c(SC=O)cnc2N13. The van der Waals surface area contributed by atoms with Gasteiger partial charge in [0.05, 0.1) is 26.1 Å². The Morgan fingerprint density at radius 2 is 2.12 bits per heavy atom. The molecule has 0 N–H and O–H groups in total. The average molecular weight is 357 g/mol. The normalized spacial score (nSPS) is 24.0. The van der Waals surface area contributed by atoms with Crippen LogP contribution in [0.1, 0.15) is 20.3 Å². The summed E-state index contributed by atoms with van der Waals surface area (Å²) in [4.78, 5) is 17.8. The smallest absolute Gasteiger partial charge is 0.219 e. The van der Waals surface area contributed by atoms with Crippen LogP contribution in [-0.2, 0) is 14.3 Å². The minimum absolute atomic E-state index is 0.419. The summed E-state index contributed by atoms with van der Waals surface area (Å²) in [6.45, 7) is 4.15. The highest BCUT2D eigenvalue weighted by Crippen LogP contribution is 2.55. The van der Waals surface area contributed by atoms with Crippen molar-refractivity contribution in [2.24, 2.45) is 0 Å². The molecule has 0 fully saturated rings. The predicted molar refractivity (Wildman–Crippen MR) is 97.5 cm³/mol. The van der Waals surface area contributed by atoms with Crippen molar-refractivity contribution in [3.8, 4) is 0 Å². The number of ether oxygens (including phenoxy) is 2. The second-order valence-electron chi connectivity index (χ2n) is 6.24. The number of methoxy groups -OCH3 is 2. The molecule has 0 aromatic carbocycles. The van der Waals surface area contributed by atoms with Crippen LogP contribution in [0.25, 0.3) is 5.70 Å². The number of thioether (sulfide) groups is 1. The molecule has 0 radical (unpaired) electrons. The van der Waals surface area contributed by atoms with E-state index in [4.69, 9.17) is 9.47 Å². The zero-order valence-electron chi connectivity index (χ0n) is 14.6. The second kappa shape index (κ2) is 5.56. The van der Waals surface area contributed by atoms with Gasteiger partial charge in [-0.25, -0.2) is 4.98 Å². The third-order valence-electron chi connectivity index (χ3n) is 4.97. The number of rotatable bonds is 4. The Bertz CT molecular complexity index is 893. The van der Waals surface area contributed by atoms with Crippen LogP contribution in [0.15, 0.2) is 52.2 Å². The van der Waals surface area contributed by atoms with E-state index < -0.39 is 5.54 Å². The predicted octanol–water partition coefficient (Wildman–Crippen LogP) is 3.34. The number of hydrogen-bond acceptors (Lipinski definition) is 6. The molecule has 1 spiro atoms. The van der Waals surface area contributed by atoms with Gasteiger partial charge in [-0.05, 0) is 37.3 Å². The van der Waals surface area contributed by atoms with Crippen LogP contribution >= 0.6 is 11.8 Å². The molecular weight excluding hydrogens is 338 g/mol. The number of anilines is 1. The zero-order valence-corrected chi connectivity index (χ0v) is 15.4. The van der Waals surface area contributed by atoms with Crippen molar-refractivity contribution < 1.29 is 14.3 Å². The molecule has 3 heterocycles. The van der Waals surface area contributed by atoms with E-state index in [1.807, 2.05) is 16.7 Å². The largest absolute Gasteiger partial charge is 0.496 e. The molecule has 0 saturated carbocycles.